The van der Waals surface area contributed by atoms with Gasteiger partial charge in [-0.1, -0.05) is 37.1 Å². The fourth-order valence-corrected chi connectivity index (χ4v) is 4.22. The van der Waals surface area contributed by atoms with Crippen molar-refractivity contribution in [2.24, 2.45) is 0 Å². The van der Waals surface area contributed by atoms with Crippen LogP contribution in [0.2, 0.25) is 0 Å². The molecule has 8 heteroatoms. The molecule has 0 saturated heterocycles. The summed E-state index contributed by atoms with van der Waals surface area (Å²) in [6, 6.07) is 0. The van der Waals surface area contributed by atoms with Gasteiger partial charge < -0.3 is 23.7 Å². The van der Waals surface area contributed by atoms with Crippen LogP contribution in [-0.2, 0) is 36.8 Å². The molecule has 0 N–H and O–H groups in total. The zero-order valence-electron chi connectivity index (χ0n) is 22.9. The molecule has 0 aromatic heterocycles. The van der Waals surface area contributed by atoms with Crippen LogP contribution in [0.25, 0.3) is 0 Å². The molecule has 208 valence electrons. The standard InChI is InChI=1S/C30H40O8/c1-7-17-36-29-23(28(34-6)22(5)24-19-37-30(33)27(24)29)15-13-21(4)14-16-25(31)35-18-11-9-8-10-12-26(32)38-20(2)3/h7,13,20H,1-3,8-12,14-19H2,4-6H3/b21-13+. The van der Waals surface area contributed by atoms with E-state index < -0.39 is 12.1 Å². The zero-order valence-corrected chi connectivity index (χ0v) is 22.9. The molecule has 8 nitrogen and oxygen atoms in total. The molecule has 1 aromatic carbocycles. The molecule has 0 aliphatic carbocycles. The molecule has 0 unspecified atom stereocenters. The van der Waals surface area contributed by atoms with Gasteiger partial charge in [0.05, 0.1) is 13.7 Å². The summed E-state index contributed by atoms with van der Waals surface area (Å²) in [4.78, 5) is 36.0. The highest BCUT2D eigenvalue weighted by atomic mass is 16.5. The van der Waals surface area contributed by atoms with Gasteiger partial charge in [-0.25, -0.2) is 4.79 Å². The SMILES string of the molecule is [CH2]C([CH2])OC(=O)CCCCCCOC(=O)CC/C(C)=C/Cc1c(OC)c(C)c2c(c1OCC=C)C(=O)OC2. The van der Waals surface area contributed by atoms with E-state index >= 15 is 0 Å². The van der Waals surface area contributed by atoms with Crippen molar-refractivity contribution in [1.29, 1.82) is 0 Å². The minimum absolute atomic E-state index is 0.195. The first-order valence-electron chi connectivity index (χ1n) is 13.0. The molecule has 2 rings (SSSR count). The maximum absolute atomic E-state index is 12.4. The number of fused-ring (bicyclic) bond motifs is 1. The highest BCUT2D eigenvalue weighted by Crippen LogP contribution is 2.42. The summed E-state index contributed by atoms with van der Waals surface area (Å²) in [5, 5.41) is 0. The van der Waals surface area contributed by atoms with Crippen LogP contribution in [0.4, 0.5) is 0 Å². The van der Waals surface area contributed by atoms with Gasteiger partial charge in [-0.2, -0.15) is 0 Å². The number of rotatable bonds is 17. The van der Waals surface area contributed by atoms with Crippen molar-refractivity contribution < 1.29 is 38.1 Å². The number of ether oxygens (including phenoxy) is 5. The second-order valence-corrected chi connectivity index (χ2v) is 9.25. The smallest absolute Gasteiger partial charge is 0.342 e. The maximum atomic E-state index is 12.4. The number of hydrogen-bond acceptors (Lipinski definition) is 8. The molecule has 0 fully saturated rings. The number of methoxy groups -OCH3 is 1. The summed E-state index contributed by atoms with van der Waals surface area (Å²) in [5.74, 6) is 0.178. The van der Waals surface area contributed by atoms with Crippen LogP contribution in [0.5, 0.6) is 11.5 Å². The topological polar surface area (TPSA) is 97.4 Å². The Morgan fingerprint density at radius 1 is 1.05 bits per heavy atom. The van der Waals surface area contributed by atoms with E-state index in [0.29, 0.717) is 42.9 Å². The third-order valence-corrected chi connectivity index (χ3v) is 6.19. The molecule has 0 spiro atoms. The average Bonchev–Trinajstić information content (AvgIpc) is 3.26. The minimum Gasteiger partial charge on any atom is -0.496 e. The molecule has 0 amide bonds. The Kier molecular flexibility index (Phi) is 12.9. The van der Waals surface area contributed by atoms with E-state index in [1.165, 1.54) is 0 Å². The van der Waals surface area contributed by atoms with Crippen LogP contribution < -0.4 is 9.47 Å². The Balaban J connectivity index is 1.85. The highest BCUT2D eigenvalue weighted by Gasteiger charge is 2.33. The number of carbonyl (C=O) groups is 3. The van der Waals surface area contributed by atoms with Gasteiger partial charge in [0.2, 0.25) is 0 Å². The lowest BCUT2D eigenvalue weighted by molar-refractivity contribution is -0.145. The number of unbranched alkanes of at least 4 members (excludes halogenated alkanes) is 3. The zero-order chi connectivity index (χ0) is 28.1. The normalized spacial score (nSPS) is 12.7. The number of benzene rings is 1. The minimum atomic E-state index is -0.582. The van der Waals surface area contributed by atoms with Crippen LogP contribution >= 0.6 is 0 Å². The van der Waals surface area contributed by atoms with Gasteiger partial charge in [0.25, 0.3) is 0 Å². The van der Waals surface area contributed by atoms with Crippen LogP contribution in [0, 0.1) is 20.8 Å². The third kappa shape index (κ3) is 9.23. The van der Waals surface area contributed by atoms with Crippen molar-refractivity contribution in [3.05, 3.63) is 60.4 Å². The predicted molar refractivity (Wildman–Crippen MR) is 144 cm³/mol. The lowest BCUT2D eigenvalue weighted by atomic mass is 9.94. The van der Waals surface area contributed by atoms with E-state index in [-0.39, 0.29) is 31.6 Å². The van der Waals surface area contributed by atoms with Gasteiger partial charge in [0, 0.05) is 24.0 Å². The number of esters is 3. The quantitative estimate of drug-likeness (QED) is 0.112. The molecular weight excluding hydrogens is 488 g/mol. The molecule has 0 saturated carbocycles. The van der Waals surface area contributed by atoms with Gasteiger partial charge in [0.1, 0.15) is 36.4 Å². The first-order valence-corrected chi connectivity index (χ1v) is 13.0. The summed E-state index contributed by atoms with van der Waals surface area (Å²) in [6.07, 6.45) is 7.88. The number of cyclic esters (lactones) is 1. The fourth-order valence-electron chi connectivity index (χ4n) is 4.22. The Morgan fingerprint density at radius 3 is 2.47 bits per heavy atom. The van der Waals surface area contributed by atoms with Crippen molar-refractivity contribution in [2.75, 3.05) is 20.3 Å². The molecule has 0 bridgehead atoms. The average molecular weight is 529 g/mol. The van der Waals surface area contributed by atoms with Gasteiger partial charge in [-0.05, 0) is 58.9 Å². The van der Waals surface area contributed by atoms with E-state index in [0.717, 1.165) is 47.9 Å². The number of allylic oxidation sites excluding steroid dienone is 2. The van der Waals surface area contributed by atoms with Crippen LogP contribution in [0.15, 0.2) is 24.3 Å². The molecule has 1 aromatic rings. The Bertz CT molecular complexity index is 1020. The summed E-state index contributed by atoms with van der Waals surface area (Å²) in [7, 11) is 1.59. The predicted octanol–water partition coefficient (Wildman–Crippen LogP) is 5.58. The molecule has 1 aliphatic rings. The highest BCUT2D eigenvalue weighted by molar-refractivity contribution is 5.98. The summed E-state index contributed by atoms with van der Waals surface area (Å²) in [6.45, 7) is 15.4. The molecular formula is C30H40O8. The van der Waals surface area contributed by atoms with E-state index in [1.54, 1.807) is 13.2 Å². The first kappa shape index (κ1) is 30.9. The monoisotopic (exact) mass is 528 g/mol. The van der Waals surface area contributed by atoms with Gasteiger partial charge >= 0.3 is 17.9 Å². The van der Waals surface area contributed by atoms with E-state index in [4.69, 9.17) is 23.7 Å². The van der Waals surface area contributed by atoms with E-state index in [2.05, 4.69) is 20.4 Å². The Hall–Kier alpha value is -3.29. The largest absolute Gasteiger partial charge is 0.496 e. The van der Waals surface area contributed by atoms with E-state index in [9.17, 15) is 14.4 Å². The van der Waals surface area contributed by atoms with Gasteiger partial charge in [-0.3, -0.25) is 9.59 Å². The van der Waals surface area contributed by atoms with Crippen molar-refractivity contribution in [3.8, 4) is 11.5 Å². The number of hydrogen-bond donors (Lipinski definition) is 0. The van der Waals surface area contributed by atoms with Crippen molar-refractivity contribution >= 4 is 17.9 Å². The van der Waals surface area contributed by atoms with Crippen molar-refractivity contribution in [3.63, 3.8) is 0 Å². The lowest BCUT2D eigenvalue weighted by Gasteiger charge is -2.19. The van der Waals surface area contributed by atoms with Crippen LogP contribution in [0.1, 0.15) is 78.9 Å². The van der Waals surface area contributed by atoms with Crippen LogP contribution in [-0.4, -0.2) is 44.3 Å². The lowest BCUT2D eigenvalue weighted by Crippen LogP contribution is -2.11. The Labute approximate surface area is 226 Å². The van der Waals surface area contributed by atoms with Gasteiger partial charge in [-0.15, -0.1) is 0 Å². The van der Waals surface area contributed by atoms with Crippen molar-refractivity contribution in [2.45, 2.75) is 77.9 Å². The second kappa shape index (κ2) is 15.8. The van der Waals surface area contributed by atoms with Crippen LogP contribution in [0.3, 0.4) is 0 Å². The molecule has 2 radical (unpaired) electrons. The molecule has 1 aliphatic heterocycles. The summed E-state index contributed by atoms with van der Waals surface area (Å²) < 4.78 is 27.1. The Morgan fingerprint density at radius 2 is 1.79 bits per heavy atom. The summed E-state index contributed by atoms with van der Waals surface area (Å²) >= 11 is 0. The number of carbonyl (C=O) groups excluding carboxylic acids is 3. The van der Waals surface area contributed by atoms with E-state index in [1.807, 2.05) is 19.9 Å². The van der Waals surface area contributed by atoms with Gasteiger partial charge in [0.15, 0.2) is 0 Å². The van der Waals surface area contributed by atoms with Crippen molar-refractivity contribution in [1.82, 2.24) is 0 Å². The fraction of sp³-hybridized carbons (Fsp3) is 0.500. The maximum Gasteiger partial charge on any atom is 0.342 e. The second-order valence-electron chi connectivity index (χ2n) is 9.25. The third-order valence-electron chi connectivity index (χ3n) is 6.19. The summed E-state index contributed by atoms with van der Waals surface area (Å²) in [5.41, 5.74) is 3.85. The molecule has 0 atom stereocenters. The first-order chi connectivity index (χ1) is 18.2. The molecule has 38 heavy (non-hydrogen) atoms. The molecule has 1 heterocycles.